The van der Waals surface area contributed by atoms with Crippen molar-refractivity contribution in [2.45, 2.75) is 32.4 Å². The lowest BCUT2D eigenvalue weighted by Gasteiger charge is -2.15. The first-order chi connectivity index (χ1) is 9.65. The van der Waals surface area contributed by atoms with Crippen LogP contribution in [0.25, 0.3) is 10.9 Å². The van der Waals surface area contributed by atoms with Gasteiger partial charge in [-0.2, -0.15) is 0 Å². The van der Waals surface area contributed by atoms with E-state index in [0.29, 0.717) is 12.5 Å². The minimum absolute atomic E-state index is 0.293. The first-order valence-corrected chi connectivity index (χ1v) is 6.96. The topological polar surface area (TPSA) is 62.2 Å². The Morgan fingerprint density at radius 3 is 2.90 bits per heavy atom. The average molecular weight is 270 g/mol. The Morgan fingerprint density at radius 2 is 2.20 bits per heavy atom. The second-order valence-corrected chi connectivity index (χ2v) is 5.47. The van der Waals surface area contributed by atoms with E-state index in [4.69, 9.17) is 0 Å². The molecular formula is C16H18N2O2. The lowest BCUT2D eigenvalue weighted by atomic mass is 10.1. The fraction of sp³-hybridized carbons (Fsp3) is 0.375. The van der Waals surface area contributed by atoms with Crippen molar-refractivity contribution in [3.63, 3.8) is 0 Å². The minimum atomic E-state index is -0.748. The maximum atomic E-state index is 11.3. The molecule has 0 aliphatic heterocycles. The first-order valence-electron chi connectivity index (χ1n) is 6.96. The smallest absolute Gasteiger partial charge is 0.320 e. The van der Waals surface area contributed by atoms with E-state index in [1.807, 2.05) is 37.3 Å². The predicted octanol–water partition coefficient (Wildman–Crippen LogP) is 2.50. The van der Waals surface area contributed by atoms with Crippen molar-refractivity contribution in [3.8, 4) is 0 Å². The molecule has 3 rings (SSSR count). The standard InChI is InChI=1S/C16H18N2O2/c1-10-8-12(13-4-2-3-5-14(13)18-10)9-17-15(16(19)20)11-6-7-11/h2-5,8,11,15,17H,6-7,9H2,1H3,(H,19,20). The number of nitrogens with zero attached hydrogens (tertiary/aromatic N) is 1. The highest BCUT2D eigenvalue weighted by molar-refractivity contribution is 5.82. The quantitative estimate of drug-likeness (QED) is 0.876. The normalized spacial score (nSPS) is 16.2. The molecule has 2 N–H and O–H groups in total. The number of hydrogen-bond acceptors (Lipinski definition) is 3. The van der Waals surface area contributed by atoms with Crippen molar-refractivity contribution in [1.82, 2.24) is 10.3 Å². The van der Waals surface area contributed by atoms with E-state index in [-0.39, 0.29) is 0 Å². The molecule has 20 heavy (non-hydrogen) atoms. The molecule has 0 saturated heterocycles. The number of hydrogen-bond donors (Lipinski definition) is 2. The number of carboxylic acids is 1. The zero-order valence-corrected chi connectivity index (χ0v) is 11.5. The Bertz CT molecular complexity index is 650. The molecule has 1 atom stereocenters. The summed E-state index contributed by atoms with van der Waals surface area (Å²) in [6, 6.07) is 9.57. The summed E-state index contributed by atoms with van der Waals surface area (Å²) in [7, 11) is 0. The van der Waals surface area contributed by atoms with Gasteiger partial charge in [-0.1, -0.05) is 18.2 Å². The molecule has 1 aromatic heterocycles. The Labute approximate surface area is 117 Å². The second kappa shape index (κ2) is 5.21. The number of benzene rings is 1. The van der Waals surface area contributed by atoms with Gasteiger partial charge in [-0.3, -0.25) is 9.78 Å². The molecule has 1 aliphatic carbocycles. The van der Waals surface area contributed by atoms with Crippen LogP contribution >= 0.6 is 0 Å². The van der Waals surface area contributed by atoms with Crippen LogP contribution in [0.3, 0.4) is 0 Å². The summed E-state index contributed by atoms with van der Waals surface area (Å²) in [5.41, 5.74) is 3.03. The number of nitrogens with one attached hydrogen (secondary N) is 1. The summed E-state index contributed by atoms with van der Waals surface area (Å²) in [5, 5.41) is 13.5. The lowest BCUT2D eigenvalue weighted by Crippen LogP contribution is -2.38. The maximum absolute atomic E-state index is 11.3. The third kappa shape index (κ3) is 2.65. The van der Waals surface area contributed by atoms with Crippen molar-refractivity contribution >= 4 is 16.9 Å². The molecule has 0 amide bonds. The Balaban J connectivity index is 1.84. The Kier molecular flexibility index (Phi) is 3.40. The summed E-state index contributed by atoms with van der Waals surface area (Å²) >= 11 is 0. The number of carboxylic acid groups (broad SMARTS) is 1. The van der Waals surface area contributed by atoms with Gasteiger partial charge in [0, 0.05) is 17.6 Å². The van der Waals surface area contributed by atoms with Crippen LogP contribution in [0.1, 0.15) is 24.1 Å². The van der Waals surface area contributed by atoms with E-state index in [9.17, 15) is 9.90 Å². The maximum Gasteiger partial charge on any atom is 0.320 e. The summed E-state index contributed by atoms with van der Waals surface area (Å²) in [6.07, 6.45) is 2.03. The van der Waals surface area contributed by atoms with Crippen LogP contribution in [0, 0.1) is 12.8 Å². The molecule has 0 radical (unpaired) electrons. The lowest BCUT2D eigenvalue weighted by molar-refractivity contribution is -0.140. The number of rotatable bonds is 5. The van der Waals surface area contributed by atoms with Gasteiger partial charge >= 0.3 is 5.97 Å². The molecular weight excluding hydrogens is 252 g/mol. The third-order valence-electron chi connectivity index (χ3n) is 3.80. The fourth-order valence-electron chi connectivity index (χ4n) is 2.65. The molecule has 0 spiro atoms. The van der Waals surface area contributed by atoms with E-state index in [1.165, 1.54) is 0 Å². The summed E-state index contributed by atoms with van der Waals surface area (Å²) in [6.45, 7) is 2.53. The third-order valence-corrected chi connectivity index (χ3v) is 3.80. The van der Waals surface area contributed by atoms with Gasteiger partial charge in [-0.15, -0.1) is 0 Å². The van der Waals surface area contributed by atoms with Gasteiger partial charge in [0.1, 0.15) is 6.04 Å². The van der Waals surface area contributed by atoms with Crippen molar-refractivity contribution in [2.75, 3.05) is 0 Å². The number of fused-ring (bicyclic) bond motifs is 1. The highest BCUT2D eigenvalue weighted by Gasteiger charge is 2.35. The summed E-state index contributed by atoms with van der Waals surface area (Å²) in [5.74, 6) is -0.454. The van der Waals surface area contributed by atoms with Gasteiger partial charge in [-0.25, -0.2) is 0 Å². The van der Waals surface area contributed by atoms with Crippen LogP contribution in [0.15, 0.2) is 30.3 Å². The van der Waals surface area contributed by atoms with Gasteiger partial charge in [-0.05, 0) is 43.4 Å². The van der Waals surface area contributed by atoms with Gasteiger partial charge < -0.3 is 10.4 Å². The van der Waals surface area contributed by atoms with E-state index < -0.39 is 12.0 Å². The molecule has 4 heteroatoms. The van der Waals surface area contributed by atoms with Crippen LogP contribution in [-0.2, 0) is 11.3 Å². The van der Waals surface area contributed by atoms with Crippen LogP contribution < -0.4 is 5.32 Å². The van der Waals surface area contributed by atoms with Gasteiger partial charge in [0.2, 0.25) is 0 Å². The highest BCUT2D eigenvalue weighted by atomic mass is 16.4. The fourth-order valence-corrected chi connectivity index (χ4v) is 2.65. The van der Waals surface area contributed by atoms with Gasteiger partial charge in [0.15, 0.2) is 0 Å². The zero-order valence-electron chi connectivity index (χ0n) is 11.5. The molecule has 1 aliphatic rings. The Morgan fingerprint density at radius 1 is 1.45 bits per heavy atom. The van der Waals surface area contributed by atoms with E-state index in [0.717, 1.165) is 35.0 Å². The highest BCUT2D eigenvalue weighted by Crippen LogP contribution is 2.33. The molecule has 1 heterocycles. The SMILES string of the molecule is Cc1cc(CNC(C(=O)O)C2CC2)c2ccccc2n1. The van der Waals surface area contributed by atoms with E-state index in [2.05, 4.69) is 10.3 Å². The molecule has 2 aromatic rings. The first kappa shape index (κ1) is 13.1. The van der Waals surface area contributed by atoms with Crippen LogP contribution in [-0.4, -0.2) is 22.1 Å². The minimum Gasteiger partial charge on any atom is -0.480 e. The van der Waals surface area contributed by atoms with Gasteiger partial charge in [0.25, 0.3) is 0 Å². The van der Waals surface area contributed by atoms with Crippen molar-refractivity contribution in [1.29, 1.82) is 0 Å². The zero-order chi connectivity index (χ0) is 14.1. The Hall–Kier alpha value is -1.94. The number of carbonyl (C=O) groups is 1. The average Bonchev–Trinajstić information content (AvgIpc) is 3.22. The monoisotopic (exact) mass is 270 g/mol. The predicted molar refractivity (Wildman–Crippen MR) is 77.5 cm³/mol. The molecule has 0 bridgehead atoms. The molecule has 1 saturated carbocycles. The molecule has 4 nitrogen and oxygen atoms in total. The van der Waals surface area contributed by atoms with Crippen LogP contribution in [0.2, 0.25) is 0 Å². The number of aryl methyl sites for hydroxylation is 1. The molecule has 104 valence electrons. The van der Waals surface area contributed by atoms with E-state index in [1.54, 1.807) is 0 Å². The number of para-hydroxylation sites is 1. The second-order valence-electron chi connectivity index (χ2n) is 5.47. The summed E-state index contributed by atoms with van der Waals surface area (Å²) < 4.78 is 0. The largest absolute Gasteiger partial charge is 0.480 e. The van der Waals surface area contributed by atoms with Crippen molar-refractivity contribution < 1.29 is 9.90 Å². The van der Waals surface area contributed by atoms with E-state index >= 15 is 0 Å². The molecule has 1 fully saturated rings. The number of aromatic nitrogens is 1. The summed E-state index contributed by atoms with van der Waals surface area (Å²) in [4.78, 5) is 15.8. The molecule has 1 aromatic carbocycles. The van der Waals surface area contributed by atoms with Crippen LogP contribution in [0.4, 0.5) is 0 Å². The van der Waals surface area contributed by atoms with Gasteiger partial charge in [0.05, 0.1) is 5.52 Å². The number of pyridine rings is 1. The van der Waals surface area contributed by atoms with Crippen LogP contribution in [0.5, 0.6) is 0 Å². The van der Waals surface area contributed by atoms with Crippen molar-refractivity contribution in [2.24, 2.45) is 5.92 Å². The number of aliphatic carboxylic acids is 1. The molecule has 1 unspecified atom stereocenters. The van der Waals surface area contributed by atoms with Crippen molar-refractivity contribution in [3.05, 3.63) is 41.6 Å².